The second-order valence-corrected chi connectivity index (χ2v) is 16.5. The van der Waals surface area contributed by atoms with Gasteiger partial charge in [-0.15, -0.1) is 0 Å². The maximum atomic E-state index is 13.0. The van der Waals surface area contributed by atoms with Crippen LogP contribution in [0, 0.1) is 0 Å². The molecule has 0 rings (SSSR count). The van der Waals surface area contributed by atoms with Gasteiger partial charge in [-0.05, 0) is 54.4 Å². The van der Waals surface area contributed by atoms with Crippen LogP contribution in [0.1, 0.15) is 67.2 Å². The van der Waals surface area contributed by atoms with Gasteiger partial charge < -0.3 is 60.3 Å². The van der Waals surface area contributed by atoms with E-state index in [4.69, 9.17) is 18.9 Å². The average Bonchev–Trinajstić information content (AvgIpc) is 3.13. The largest absolute Gasteiger partial charge is 0.468 e. The van der Waals surface area contributed by atoms with Crippen LogP contribution in [0.25, 0.3) is 0 Å². The standard InChI is InChI=1S/C34H56N6O16S2/c1-33(2,3)55-31(49)39-19(29(47)53-9)11-13-23(41)37-21(27(45)35-15-25(43)51-7)17-57-58-18-22(28(46)36-16-26(44)52-8)38-24(42)14-12-20(30(48)54-10)40-32(50)56-34(4,5)6/h19-22H,11-18H2,1-10H3,(H,35,45)(H,36,46)(H,37,41)(H,38,42)(H,39,49)(H,40,50)/t19-,20-,21-,22-/m0/s1. The number of rotatable bonds is 23. The van der Waals surface area contributed by atoms with Gasteiger partial charge in [0.15, 0.2) is 0 Å². The summed E-state index contributed by atoms with van der Waals surface area (Å²) in [5.74, 6) is -6.57. The van der Waals surface area contributed by atoms with E-state index in [2.05, 4.69) is 41.4 Å². The number of hydrogen-bond donors (Lipinski definition) is 6. The van der Waals surface area contributed by atoms with E-state index >= 15 is 0 Å². The third kappa shape index (κ3) is 24.6. The molecule has 0 saturated heterocycles. The number of hydrogen-bond acceptors (Lipinski definition) is 18. The highest BCUT2D eigenvalue weighted by atomic mass is 33.1. The topological polar surface area (TPSA) is 298 Å². The third-order valence-electron chi connectivity index (χ3n) is 6.80. The molecule has 0 aromatic heterocycles. The molecule has 0 heterocycles. The van der Waals surface area contributed by atoms with Gasteiger partial charge in [0.2, 0.25) is 23.6 Å². The van der Waals surface area contributed by atoms with Gasteiger partial charge in [0.05, 0.1) is 28.4 Å². The molecule has 0 saturated carbocycles. The van der Waals surface area contributed by atoms with E-state index in [1.165, 1.54) is 0 Å². The summed E-state index contributed by atoms with van der Waals surface area (Å²) < 4.78 is 28.8. The monoisotopic (exact) mass is 868 g/mol. The van der Waals surface area contributed by atoms with Crippen LogP contribution in [0.4, 0.5) is 9.59 Å². The first-order valence-corrected chi connectivity index (χ1v) is 20.1. The molecule has 330 valence electrons. The van der Waals surface area contributed by atoms with Crippen LogP contribution >= 0.6 is 21.6 Å². The summed E-state index contributed by atoms with van der Waals surface area (Å²) in [5.41, 5.74) is -1.75. The maximum absolute atomic E-state index is 13.0. The molecule has 58 heavy (non-hydrogen) atoms. The predicted molar refractivity (Wildman–Crippen MR) is 208 cm³/mol. The Balaban J connectivity index is 5.80. The van der Waals surface area contributed by atoms with Crippen LogP contribution in [0.3, 0.4) is 0 Å². The van der Waals surface area contributed by atoms with Crippen molar-refractivity contribution in [3.8, 4) is 0 Å². The highest BCUT2D eigenvalue weighted by Crippen LogP contribution is 2.23. The molecule has 0 spiro atoms. The number of carbonyl (C=O) groups excluding carboxylic acids is 10. The Morgan fingerprint density at radius 2 is 0.810 bits per heavy atom. The van der Waals surface area contributed by atoms with Crippen LogP contribution < -0.4 is 31.9 Å². The number of carbonyl (C=O) groups is 10. The SMILES string of the molecule is COC(=O)CNC(=O)[C@H](CSSC[C@H](NC(=O)CC[C@H](NC(=O)OC(C)(C)C)C(=O)OC)C(=O)NCC(=O)OC)NC(=O)CC[C@H](NC(=O)OC(C)(C)C)C(=O)OC. The lowest BCUT2D eigenvalue weighted by molar-refractivity contribution is -0.144. The zero-order chi connectivity index (χ0) is 44.6. The van der Waals surface area contributed by atoms with Gasteiger partial charge in [-0.2, -0.15) is 0 Å². The number of nitrogens with one attached hydrogen (secondary N) is 6. The van der Waals surface area contributed by atoms with E-state index in [-0.39, 0.29) is 37.2 Å². The molecule has 0 radical (unpaired) electrons. The molecule has 22 nitrogen and oxygen atoms in total. The van der Waals surface area contributed by atoms with Gasteiger partial charge in [-0.25, -0.2) is 19.2 Å². The molecule has 0 aromatic carbocycles. The highest BCUT2D eigenvalue weighted by Gasteiger charge is 2.30. The zero-order valence-electron chi connectivity index (χ0n) is 34.3. The molecule has 0 unspecified atom stereocenters. The molecule has 0 aliphatic rings. The van der Waals surface area contributed by atoms with Crippen molar-refractivity contribution in [3.05, 3.63) is 0 Å². The molecule has 0 fully saturated rings. The van der Waals surface area contributed by atoms with Gasteiger partial charge in [0.1, 0.15) is 48.5 Å². The van der Waals surface area contributed by atoms with E-state index in [1.54, 1.807) is 41.5 Å². The van der Waals surface area contributed by atoms with Gasteiger partial charge in [-0.3, -0.25) is 28.8 Å². The first-order chi connectivity index (χ1) is 26.9. The predicted octanol–water partition coefficient (Wildman–Crippen LogP) is -0.391. The van der Waals surface area contributed by atoms with Crippen LogP contribution in [-0.2, 0) is 66.8 Å². The quantitative estimate of drug-likeness (QED) is 0.0330. The van der Waals surface area contributed by atoms with Gasteiger partial charge >= 0.3 is 36.1 Å². The fraction of sp³-hybridized carbons (Fsp3) is 0.706. The molecule has 0 aromatic rings. The smallest absolute Gasteiger partial charge is 0.408 e. The Morgan fingerprint density at radius 1 is 0.483 bits per heavy atom. The van der Waals surface area contributed by atoms with Gasteiger partial charge in [-0.1, -0.05) is 21.6 Å². The molecule has 24 heteroatoms. The molecule has 0 bridgehead atoms. The summed E-state index contributed by atoms with van der Waals surface area (Å²) in [6.07, 6.45) is -3.07. The van der Waals surface area contributed by atoms with Crippen molar-refractivity contribution < 1.29 is 76.4 Å². The van der Waals surface area contributed by atoms with E-state index < -0.39 is 108 Å². The Hall–Kier alpha value is -5.00. The number of amides is 6. The lowest BCUT2D eigenvalue weighted by Crippen LogP contribution is -2.50. The van der Waals surface area contributed by atoms with Crippen molar-refractivity contribution in [1.82, 2.24) is 31.9 Å². The lowest BCUT2D eigenvalue weighted by Gasteiger charge is -2.23. The summed E-state index contributed by atoms with van der Waals surface area (Å²) in [7, 11) is 6.38. The Morgan fingerprint density at radius 3 is 1.09 bits per heavy atom. The fourth-order valence-corrected chi connectivity index (χ4v) is 6.40. The summed E-state index contributed by atoms with van der Waals surface area (Å²) in [6.45, 7) is 8.64. The normalized spacial score (nSPS) is 13.1. The van der Waals surface area contributed by atoms with Crippen LogP contribution in [0.15, 0.2) is 0 Å². The van der Waals surface area contributed by atoms with E-state index in [1.807, 2.05) is 0 Å². The minimum Gasteiger partial charge on any atom is -0.468 e. The van der Waals surface area contributed by atoms with Crippen LogP contribution in [0.2, 0.25) is 0 Å². The van der Waals surface area contributed by atoms with Crippen molar-refractivity contribution in [1.29, 1.82) is 0 Å². The average molecular weight is 869 g/mol. The molecule has 6 amide bonds. The van der Waals surface area contributed by atoms with E-state index in [0.717, 1.165) is 50.0 Å². The lowest BCUT2D eigenvalue weighted by atomic mass is 10.1. The van der Waals surface area contributed by atoms with Crippen molar-refractivity contribution in [3.63, 3.8) is 0 Å². The van der Waals surface area contributed by atoms with Crippen LogP contribution in [0.5, 0.6) is 0 Å². The molecular weight excluding hydrogens is 813 g/mol. The molecule has 4 atom stereocenters. The minimum atomic E-state index is -1.28. The Kier molecular flexibility index (Phi) is 24.5. The number of methoxy groups -OCH3 is 4. The third-order valence-corrected chi connectivity index (χ3v) is 9.22. The number of esters is 4. The second-order valence-electron chi connectivity index (χ2n) is 13.9. The van der Waals surface area contributed by atoms with E-state index in [0.29, 0.717) is 0 Å². The molecule has 0 aliphatic carbocycles. The summed E-state index contributed by atoms with van der Waals surface area (Å²) in [4.78, 5) is 124. The summed E-state index contributed by atoms with van der Waals surface area (Å²) >= 11 is 0. The first kappa shape index (κ1) is 53.0. The minimum absolute atomic E-state index is 0.151. The fourth-order valence-electron chi connectivity index (χ4n) is 4.07. The highest BCUT2D eigenvalue weighted by molar-refractivity contribution is 8.76. The number of ether oxygens (including phenoxy) is 6. The van der Waals surface area contributed by atoms with Crippen molar-refractivity contribution in [2.24, 2.45) is 0 Å². The summed E-state index contributed by atoms with van der Waals surface area (Å²) in [6, 6.07) is -5.10. The van der Waals surface area contributed by atoms with Crippen molar-refractivity contribution in [2.75, 3.05) is 53.0 Å². The second kappa shape index (κ2) is 26.8. The Labute approximate surface area is 344 Å². The van der Waals surface area contributed by atoms with Crippen molar-refractivity contribution >= 4 is 81.3 Å². The van der Waals surface area contributed by atoms with Crippen LogP contribution in [-0.4, -0.2) is 148 Å². The number of alkyl carbamates (subject to hydrolysis) is 2. The molecule has 0 aliphatic heterocycles. The van der Waals surface area contributed by atoms with Gasteiger partial charge in [0.25, 0.3) is 0 Å². The Bertz CT molecular complexity index is 1350. The molecule has 6 N–H and O–H groups in total. The molecular formula is C34H56N6O16S2. The summed E-state index contributed by atoms with van der Waals surface area (Å²) in [5, 5.41) is 14.3. The van der Waals surface area contributed by atoms with Crippen molar-refractivity contribution in [2.45, 2.75) is 103 Å². The first-order valence-electron chi connectivity index (χ1n) is 17.6. The maximum Gasteiger partial charge on any atom is 0.408 e. The van der Waals surface area contributed by atoms with Gasteiger partial charge in [0, 0.05) is 24.3 Å². The zero-order valence-corrected chi connectivity index (χ0v) is 35.9. The van der Waals surface area contributed by atoms with E-state index in [9.17, 15) is 47.9 Å².